The minimum atomic E-state index is -0.505. The van der Waals surface area contributed by atoms with Gasteiger partial charge in [-0.1, -0.05) is 48.5 Å². The van der Waals surface area contributed by atoms with E-state index in [9.17, 15) is 9.18 Å². The molecule has 106 valence electrons. The van der Waals surface area contributed by atoms with Gasteiger partial charge in [0.1, 0.15) is 5.82 Å². The fraction of sp³-hybridized carbons (Fsp3) is 0. The number of benzene rings is 3. The molecule has 4 aromatic rings. The molecule has 0 bridgehead atoms. The minimum absolute atomic E-state index is 0.0778. The highest BCUT2D eigenvalue weighted by Crippen LogP contribution is 2.29. The SMILES string of the molecule is O=C(c1ccccc1F)n1c2ccccc2c2ccccc21. The van der Waals surface area contributed by atoms with Crippen molar-refractivity contribution in [3.8, 4) is 0 Å². The first-order chi connectivity index (χ1) is 10.8. The molecule has 3 heteroatoms. The molecule has 0 atom stereocenters. The van der Waals surface area contributed by atoms with Gasteiger partial charge in [0.25, 0.3) is 5.91 Å². The monoisotopic (exact) mass is 289 g/mol. The van der Waals surface area contributed by atoms with Crippen molar-refractivity contribution in [2.24, 2.45) is 0 Å². The molecule has 0 aliphatic rings. The molecule has 0 radical (unpaired) electrons. The number of aromatic nitrogens is 1. The van der Waals surface area contributed by atoms with Crippen molar-refractivity contribution in [3.05, 3.63) is 84.2 Å². The predicted octanol–water partition coefficient (Wildman–Crippen LogP) is 4.62. The number of fused-ring (bicyclic) bond motifs is 3. The van der Waals surface area contributed by atoms with Crippen LogP contribution in [-0.2, 0) is 0 Å². The quantitative estimate of drug-likeness (QED) is 0.501. The Morgan fingerprint density at radius 2 is 1.23 bits per heavy atom. The maximum Gasteiger partial charge on any atom is 0.265 e. The van der Waals surface area contributed by atoms with Crippen LogP contribution in [0.25, 0.3) is 21.8 Å². The molecule has 0 aliphatic carbocycles. The number of halogens is 1. The number of hydrogen-bond donors (Lipinski definition) is 0. The van der Waals surface area contributed by atoms with E-state index in [0.29, 0.717) is 0 Å². The molecule has 2 nitrogen and oxygen atoms in total. The standard InChI is InChI=1S/C19H12FNO/c20-16-10-4-1-9-15(16)19(22)21-17-11-5-2-7-13(17)14-8-3-6-12-18(14)21/h1-12H. The molecule has 4 rings (SSSR count). The second-order valence-corrected chi connectivity index (χ2v) is 5.15. The third-order valence-electron chi connectivity index (χ3n) is 3.89. The van der Waals surface area contributed by atoms with E-state index in [1.165, 1.54) is 12.1 Å². The molecular weight excluding hydrogens is 277 g/mol. The first-order valence-electron chi connectivity index (χ1n) is 7.05. The zero-order valence-corrected chi connectivity index (χ0v) is 11.7. The summed E-state index contributed by atoms with van der Waals surface area (Å²) in [6.45, 7) is 0. The highest BCUT2D eigenvalue weighted by molar-refractivity contribution is 6.16. The molecule has 1 aromatic heterocycles. The fourth-order valence-corrected chi connectivity index (χ4v) is 2.90. The summed E-state index contributed by atoms with van der Waals surface area (Å²) in [5.74, 6) is -0.857. The molecule has 0 fully saturated rings. The summed E-state index contributed by atoms with van der Waals surface area (Å²) >= 11 is 0. The Hall–Kier alpha value is -2.94. The van der Waals surface area contributed by atoms with Gasteiger partial charge in [0.05, 0.1) is 16.6 Å². The minimum Gasteiger partial charge on any atom is -0.276 e. The number of nitrogens with zero attached hydrogens (tertiary/aromatic N) is 1. The maximum absolute atomic E-state index is 14.0. The van der Waals surface area contributed by atoms with E-state index in [-0.39, 0.29) is 11.5 Å². The number of hydrogen-bond acceptors (Lipinski definition) is 1. The average molecular weight is 289 g/mol. The van der Waals surface area contributed by atoms with Crippen LogP contribution in [0.5, 0.6) is 0 Å². The third kappa shape index (κ3) is 1.76. The summed E-state index contributed by atoms with van der Waals surface area (Å²) in [7, 11) is 0. The van der Waals surface area contributed by atoms with Gasteiger partial charge in [-0.05, 0) is 24.3 Å². The van der Waals surface area contributed by atoms with Gasteiger partial charge >= 0.3 is 0 Å². The van der Waals surface area contributed by atoms with E-state index in [1.807, 2.05) is 48.5 Å². The van der Waals surface area contributed by atoms with Crippen LogP contribution in [-0.4, -0.2) is 10.5 Å². The molecule has 0 saturated heterocycles. The van der Waals surface area contributed by atoms with Gasteiger partial charge in [-0.3, -0.25) is 9.36 Å². The molecule has 0 N–H and O–H groups in total. The Morgan fingerprint density at radius 3 is 1.82 bits per heavy atom. The van der Waals surface area contributed by atoms with E-state index in [1.54, 1.807) is 16.7 Å². The van der Waals surface area contributed by atoms with Crippen LogP contribution < -0.4 is 0 Å². The van der Waals surface area contributed by atoms with Crippen LogP contribution in [0.2, 0.25) is 0 Å². The maximum atomic E-state index is 14.0. The number of rotatable bonds is 1. The zero-order chi connectivity index (χ0) is 15.1. The van der Waals surface area contributed by atoms with Gasteiger partial charge in [0.2, 0.25) is 0 Å². The Balaban J connectivity index is 2.09. The smallest absolute Gasteiger partial charge is 0.265 e. The lowest BCUT2D eigenvalue weighted by molar-refractivity contribution is 0.0965. The zero-order valence-electron chi connectivity index (χ0n) is 11.7. The van der Waals surface area contributed by atoms with Crippen molar-refractivity contribution in [1.29, 1.82) is 0 Å². The van der Waals surface area contributed by atoms with Crippen LogP contribution in [0.1, 0.15) is 10.4 Å². The van der Waals surface area contributed by atoms with E-state index < -0.39 is 5.82 Å². The van der Waals surface area contributed by atoms with Crippen molar-refractivity contribution in [2.45, 2.75) is 0 Å². The van der Waals surface area contributed by atoms with E-state index >= 15 is 0 Å². The molecule has 0 amide bonds. The number of carbonyl (C=O) groups is 1. The van der Waals surface area contributed by atoms with Crippen LogP contribution >= 0.6 is 0 Å². The van der Waals surface area contributed by atoms with E-state index in [4.69, 9.17) is 0 Å². The van der Waals surface area contributed by atoms with Crippen molar-refractivity contribution >= 4 is 27.7 Å². The Kier molecular flexibility index (Phi) is 2.79. The molecule has 1 heterocycles. The largest absolute Gasteiger partial charge is 0.276 e. The summed E-state index contributed by atoms with van der Waals surface area (Å²) in [6.07, 6.45) is 0. The van der Waals surface area contributed by atoms with Gasteiger partial charge < -0.3 is 0 Å². The Bertz CT molecular complexity index is 963. The lowest BCUT2D eigenvalue weighted by Crippen LogP contribution is -2.13. The van der Waals surface area contributed by atoms with Crippen molar-refractivity contribution in [2.75, 3.05) is 0 Å². The first kappa shape index (κ1) is 12.8. The first-order valence-corrected chi connectivity index (χ1v) is 7.05. The average Bonchev–Trinajstić information content (AvgIpc) is 2.89. The fourth-order valence-electron chi connectivity index (χ4n) is 2.90. The van der Waals surface area contributed by atoms with E-state index in [2.05, 4.69) is 0 Å². The third-order valence-corrected chi connectivity index (χ3v) is 3.89. The molecule has 0 aliphatic heterocycles. The molecule has 3 aromatic carbocycles. The molecular formula is C19H12FNO. The molecule has 0 unspecified atom stereocenters. The topological polar surface area (TPSA) is 22.0 Å². The summed E-state index contributed by atoms with van der Waals surface area (Å²) < 4.78 is 15.6. The van der Waals surface area contributed by atoms with Gasteiger partial charge in [-0.15, -0.1) is 0 Å². The normalized spacial score (nSPS) is 11.1. The lowest BCUT2D eigenvalue weighted by Gasteiger charge is -2.07. The predicted molar refractivity (Wildman–Crippen MR) is 85.6 cm³/mol. The van der Waals surface area contributed by atoms with Gasteiger partial charge in [0, 0.05) is 10.8 Å². The van der Waals surface area contributed by atoms with E-state index in [0.717, 1.165) is 21.8 Å². The van der Waals surface area contributed by atoms with Crippen molar-refractivity contribution in [3.63, 3.8) is 0 Å². The second-order valence-electron chi connectivity index (χ2n) is 5.15. The van der Waals surface area contributed by atoms with Crippen LogP contribution in [0, 0.1) is 5.82 Å². The molecule has 0 spiro atoms. The van der Waals surface area contributed by atoms with Gasteiger partial charge in [-0.2, -0.15) is 0 Å². The second kappa shape index (κ2) is 4.81. The number of para-hydroxylation sites is 2. The van der Waals surface area contributed by atoms with Crippen LogP contribution in [0.15, 0.2) is 72.8 Å². The van der Waals surface area contributed by atoms with Crippen LogP contribution in [0.4, 0.5) is 4.39 Å². The summed E-state index contributed by atoms with van der Waals surface area (Å²) in [5, 5.41) is 1.98. The molecule has 22 heavy (non-hydrogen) atoms. The van der Waals surface area contributed by atoms with Gasteiger partial charge in [-0.25, -0.2) is 4.39 Å². The highest BCUT2D eigenvalue weighted by atomic mass is 19.1. The Morgan fingerprint density at radius 1 is 0.727 bits per heavy atom. The number of carbonyl (C=O) groups excluding carboxylic acids is 1. The van der Waals surface area contributed by atoms with Crippen LogP contribution in [0.3, 0.4) is 0 Å². The molecule has 0 saturated carbocycles. The highest BCUT2D eigenvalue weighted by Gasteiger charge is 2.19. The summed E-state index contributed by atoms with van der Waals surface area (Å²) in [6, 6.07) is 21.4. The summed E-state index contributed by atoms with van der Waals surface area (Å²) in [5.41, 5.74) is 1.66. The van der Waals surface area contributed by atoms with Gasteiger partial charge in [0.15, 0.2) is 0 Å². The Labute approximate surface area is 126 Å². The van der Waals surface area contributed by atoms with Crippen molar-refractivity contribution in [1.82, 2.24) is 4.57 Å². The summed E-state index contributed by atoms with van der Waals surface area (Å²) in [4.78, 5) is 12.9. The van der Waals surface area contributed by atoms with Crippen molar-refractivity contribution < 1.29 is 9.18 Å². The lowest BCUT2D eigenvalue weighted by atomic mass is 10.2.